The SMILES string of the molecule is C=CCOc1ccc(NC(=O)c2ccc(OCCOC)c(Br)c2)cc1. The number of hydrogen-bond acceptors (Lipinski definition) is 4. The molecule has 0 saturated heterocycles. The highest BCUT2D eigenvalue weighted by molar-refractivity contribution is 9.10. The highest BCUT2D eigenvalue weighted by Crippen LogP contribution is 2.26. The van der Waals surface area contributed by atoms with Crippen LogP contribution < -0.4 is 14.8 Å². The Morgan fingerprint density at radius 1 is 1.16 bits per heavy atom. The van der Waals surface area contributed by atoms with E-state index in [0.29, 0.717) is 41.3 Å². The predicted octanol–water partition coefficient (Wildman–Crippen LogP) is 4.29. The summed E-state index contributed by atoms with van der Waals surface area (Å²) in [6.07, 6.45) is 1.68. The fraction of sp³-hybridized carbons (Fsp3) is 0.211. The van der Waals surface area contributed by atoms with E-state index in [0.717, 1.165) is 5.75 Å². The number of ether oxygens (including phenoxy) is 3. The molecule has 1 N–H and O–H groups in total. The quantitative estimate of drug-likeness (QED) is 0.499. The minimum atomic E-state index is -0.205. The molecule has 0 saturated carbocycles. The van der Waals surface area contributed by atoms with Crippen molar-refractivity contribution in [3.63, 3.8) is 0 Å². The lowest BCUT2D eigenvalue weighted by Gasteiger charge is -2.10. The van der Waals surface area contributed by atoms with Gasteiger partial charge in [-0.2, -0.15) is 0 Å². The summed E-state index contributed by atoms with van der Waals surface area (Å²) in [7, 11) is 1.62. The average Bonchev–Trinajstić information content (AvgIpc) is 2.62. The molecule has 6 heteroatoms. The van der Waals surface area contributed by atoms with E-state index in [4.69, 9.17) is 14.2 Å². The number of benzene rings is 2. The van der Waals surface area contributed by atoms with Crippen LogP contribution >= 0.6 is 15.9 Å². The van der Waals surface area contributed by atoms with E-state index >= 15 is 0 Å². The molecule has 0 unspecified atom stereocenters. The molecule has 0 fully saturated rings. The Morgan fingerprint density at radius 2 is 1.92 bits per heavy atom. The third-order valence-corrected chi connectivity index (χ3v) is 3.84. The molecule has 1 amide bonds. The van der Waals surface area contributed by atoms with Crippen molar-refractivity contribution in [1.82, 2.24) is 0 Å². The van der Waals surface area contributed by atoms with Crippen molar-refractivity contribution in [2.45, 2.75) is 0 Å². The summed E-state index contributed by atoms with van der Waals surface area (Å²) in [6, 6.07) is 12.3. The van der Waals surface area contributed by atoms with Crippen LogP contribution in [0.1, 0.15) is 10.4 Å². The number of carbonyl (C=O) groups is 1. The first-order valence-electron chi connectivity index (χ1n) is 7.70. The average molecular weight is 406 g/mol. The molecular weight excluding hydrogens is 386 g/mol. The summed E-state index contributed by atoms with van der Waals surface area (Å²) in [5.74, 6) is 1.18. The minimum Gasteiger partial charge on any atom is -0.490 e. The van der Waals surface area contributed by atoms with Crippen LogP contribution in [0.5, 0.6) is 11.5 Å². The molecule has 0 heterocycles. The normalized spacial score (nSPS) is 10.2. The van der Waals surface area contributed by atoms with Crippen molar-refractivity contribution in [3.8, 4) is 11.5 Å². The van der Waals surface area contributed by atoms with Crippen molar-refractivity contribution in [2.75, 3.05) is 32.2 Å². The first kappa shape index (κ1) is 19.0. The lowest BCUT2D eigenvalue weighted by molar-refractivity contribution is 0.102. The zero-order valence-electron chi connectivity index (χ0n) is 14.0. The Bertz CT molecular complexity index is 716. The summed E-state index contributed by atoms with van der Waals surface area (Å²) in [5, 5.41) is 2.84. The lowest BCUT2D eigenvalue weighted by Crippen LogP contribution is -2.12. The van der Waals surface area contributed by atoms with Gasteiger partial charge < -0.3 is 19.5 Å². The smallest absolute Gasteiger partial charge is 0.255 e. The number of anilines is 1. The van der Waals surface area contributed by atoms with Gasteiger partial charge in [0.15, 0.2) is 0 Å². The van der Waals surface area contributed by atoms with Crippen LogP contribution in [-0.4, -0.2) is 32.8 Å². The third-order valence-electron chi connectivity index (χ3n) is 3.22. The number of amides is 1. The number of halogens is 1. The monoisotopic (exact) mass is 405 g/mol. The molecule has 2 aromatic rings. The third kappa shape index (κ3) is 5.92. The maximum Gasteiger partial charge on any atom is 0.255 e. The molecule has 25 heavy (non-hydrogen) atoms. The Labute approximate surface area is 155 Å². The molecule has 0 aliphatic rings. The van der Waals surface area contributed by atoms with Crippen molar-refractivity contribution >= 4 is 27.5 Å². The van der Waals surface area contributed by atoms with Gasteiger partial charge in [0.05, 0.1) is 11.1 Å². The van der Waals surface area contributed by atoms with Crippen molar-refractivity contribution in [3.05, 3.63) is 65.2 Å². The van der Waals surface area contributed by atoms with E-state index in [1.54, 1.807) is 55.7 Å². The molecule has 132 valence electrons. The predicted molar refractivity (Wildman–Crippen MR) is 102 cm³/mol. The molecule has 0 radical (unpaired) electrons. The van der Waals surface area contributed by atoms with E-state index in [1.165, 1.54) is 0 Å². The van der Waals surface area contributed by atoms with Gasteiger partial charge in [0.2, 0.25) is 0 Å². The number of rotatable bonds is 9. The number of methoxy groups -OCH3 is 1. The Hall–Kier alpha value is -2.31. The van der Waals surface area contributed by atoms with Crippen LogP contribution in [0.4, 0.5) is 5.69 Å². The van der Waals surface area contributed by atoms with Gasteiger partial charge in [-0.3, -0.25) is 4.79 Å². The van der Waals surface area contributed by atoms with Gasteiger partial charge in [-0.25, -0.2) is 0 Å². The molecule has 5 nitrogen and oxygen atoms in total. The zero-order chi connectivity index (χ0) is 18.1. The first-order valence-corrected chi connectivity index (χ1v) is 8.49. The molecule has 0 aromatic heterocycles. The number of nitrogens with one attached hydrogen (secondary N) is 1. The summed E-state index contributed by atoms with van der Waals surface area (Å²) < 4.78 is 16.6. The second-order valence-electron chi connectivity index (χ2n) is 5.06. The van der Waals surface area contributed by atoms with E-state index < -0.39 is 0 Å². The summed E-state index contributed by atoms with van der Waals surface area (Å²) >= 11 is 3.42. The van der Waals surface area contributed by atoms with Gasteiger partial charge in [0.25, 0.3) is 5.91 Å². The Kier molecular flexibility index (Phi) is 7.50. The molecule has 0 aliphatic heterocycles. The zero-order valence-corrected chi connectivity index (χ0v) is 15.5. The van der Waals surface area contributed by atoms with Crippen LogP contribution in [0, 0.1) is 0 Å². The summed E-state index contributed by atoms with van der Waals surface area (Å²) in [6.45, 7) is 4.99. The van der Waals surface area contributed by atoms with Crippen LogP contribution in [0.2, 0.25) is 0 Å². The van der Waals surface area contributed by atoms with E-state index in [-0.39, 0.29) is 5.91 Å². The highest BCUT2D eigenvalue weighted by Gasteiger charge is 2.10. The van der Waals surface area contributed by atoms with Crippen LogP contribution in [0.3, 0.4) is 0 Å². The standard InChI is InChI=1S/C19H20BrNO4/c1-3-10-24-16-7-5-15(6-8-16)21-19(22)14-4-9-18(17(20)13-14)25-12-11-23-2/h3-9,13H,1,10-12H2,2H3,(H,21,22). The maximum atomic E-state index is 12.4. The number of carbonyl (C=O) groups excluding carboxylic acids is 1. The highest BCUT2D eigenvalue weighted by atomic mass is 79.9. The molecular formula is C19H20BrNO4. The van der Waals surface area contributed by atoms with Gasteiger partial charge in [-0.1, -0.05) is 12.7 Å². The fourth-order valence-electron chi connectivity index (χ4n) is 1.99. The van der Waals surface area contributed by atoms with Gasteiger partial charge in [-0.05, 0) is 58.4 Å². The number of hydrogen-bond donors (Lipinski definition) is 1. The van der Waals surface area contributed by atoms with Crippen LogP contribution in [-0.2, 0) is 4.74 Å². The second kappa shape index (κ2) is 9.86. The van der Waals surface area contributed by atoms with E-state index in [1.807, 2.05) is 0 Å². The van der Waals surface area contributed by atoms with E-state index in [9.17, 15) is 4.79 Å². The van der Waals surface area contributed by atoms with Crippen molar-refractivity contribution in [2.24, 2.45) is 0 Å². The van der Waals surface area contributed by atoms with Gasteiger partial charge in [-0.15, -0.1) is 0 Å². The van der Waals surface area contributed by atoms with Crippen LogP contribution in [0.25, 0.3) is 0 Å². The molecule has 0 bridgehead atoms. The van der Waals surface area contributed by atoms with Crippen LogP contribution in [0.15, 0.2) is 59.6 Å². The minimum absolute atomic E-state index is 0.205. The van der Waals surface area contributed by atoms with E-state index in [2.05, 4.69) is 27.8 Å². The molecule has 0 aliphatic carbocycles. The second-order valence-corrected chi connectivity index (χ2v) is 5.92. The molecule has 0 atom stereocenters. The topological polar surface area (TPSA) is 56.8 Å². The molecule has 2 rings (SSSR count). The van der Waals surface area contributed by atoms with Crippen molar-refractivity contribution in [1.29, 1.82) is 0 Å². The molecule has 2 aromatic carbocycles. The van der Waals surface area contributed by atoms with Gasteiger partial charge in [0.1, 0.15) is 24.7 Å². The van der Waals surface area contributed by atoms with Gasteiger partial charge in [0, 0.05) is 18.4 Å². The van der Waals surface area contributed by atoms with Crippen molar-refractivity contribution < 1.29 is 19.0 Å². The summed E-state index contributed by atoms with van der Waals surface area (Å²) in [5.41, 5.74) is 1.21. The largest absolute Gasteiger partial charge is 0.490 e. The van der Waals surface area contributed by atoms with Gasteiger partial charge >= 0.3 is 0 Å². The Balaban J connectivity index is 1.98. The maximum absolute atomic E-state index is 12.4. The fourth-order valence-corrected chi connectivity index (χ4v) is 2.48. The summed E-state index contributed by atoms with van der Waals surface area (Å²) in [4.78, 5) is 12.4. The lowest BCUT2D eigenvalue weighted by atomic mass is 10.2. The molecule has 0 spiro atoms. The Morgan fingerprint density at radius 3 is 2.56 bits per heavy atom. The first-order chi connectivity index (χ1) is 12.1.